The Labute approximate surface area is 116 Å². The van der Waals surface area contributed by atoms with Crippen molar-refractivity contribution >= 4 is 11.8 Å². The number of methoxy groups -OCH3 is 1. The molecule has 102 valence electrons. The summed E-state index contributed by atoms with van der Waals surface area (Å²) in [4.78, 5) is 25.1. The number of benzene rings is 1. The predicted molar refractivity (Wildman–Crippen MR) is 71.9 cm³/mol. The Hall–Kier alpha value is -1.84. The first-order chi connectivity index (χ1) is 9.94. The molecular formula is C15H19NO3. The molecule has 1 aromatic carbocycles. The third kappa shape index (κ3) is 3.56. The Kier molecular flexibility index (Phi) is 3.69. The molecule has 1 saturated heterocycles. The second-order valence-electron chi connectivity index (χ2n) is 4.51. The minimum absolute atomic E-state index is 0.0559. The van der Waals surface area contributed by atoms with E-state index in [-0.39, 0.29) is 12.3 Å². The van der Waals surface area contributed by atoms with Crippen molar-refractivity contribution in [1.29, 1.82) is 0 Å². The van der Waals surface area contributed by atoms with Crippen LogP contribution in [0.3, 0.4) is 0 Å². The number of piperidine rings is 1. The summed E-state index contributed by atoms with van der Waals surface area (Å²) in [6, 6.07) is 6.90. The van der Waals surface area contributed by atoms with E-state index in [1.165, 1.54) is 0 Å². The maximum Gasteiger partial charge on any atom is 0.229 e. The topological polar surface area (TPSA) is 46.6 Å². The number of nitrogens with zero attached hydrogens (tertiary/aromatic N) is 1. The Balaban J connectivity index is 2.08. The van der Waals surface area contributed by atoms with Crippen LogP contribution < -0.4 is 4.74 Å². The van der Waals surface area contributed by atoms with Crippen LogP contribution >= 0.6 is 0 Å². The number of aryl methyl sites for hydroxylation is 1. The highest BCUT2D eigenvalue weighted by Crippen LogP contribution is 2.15. The van der Waals surface area contributed by atoms with Crippen molar-refractivity contribution in [3.05, 3.63) is 29.8 Å². The molecule has 0 N–H and O–H groups in total. The average molecular weight is 263 g/mol. The Morgan fingerprint density at radius 1 is 1.37 bits per heavy atom. The minimum Gasteiger partial charge on any atom is -0.497 e. The quantitative estimate of drug-likeness (QED) is 0.836. The number of carbonyl (C=O) groups is 2. The standard InChI is InChI=1S/C15H19NO3/c1-19-13-8-5-12(6-9-13)7-10-15(18)16-11-3-2-4-14(16)17/h5-6,8-9H,2-4,7,10-11H2,1H3/i10D2. The molecule has 0 radical (unpaired) electrons. The van der Waals surface area contributed by atoms with Gasteiger partial charge in [0.25, 0.3) is 0 Å². The molecule has 1 fully saturated rings. The fraction of sp³-hybridized carbons (Fsp3) is 0.467. The molecule has 0 aliphatic carbocycles. The Bertz CT molecular complexity index is 528. The maximum absolute atomic E-state index is 12.3. The Morgan fingerprint density at radius 3 is 2.74 bits per heavy atom. The number of ether oxygens (including phenoxy) is 1. The summed E-state index contributed by atoms with van der Waals surface area (Å²) in [5.41, 5.74) is 0.693. The number of hydrogen-bond donors (Lipinski definition) is 0. The first-order valence-corrected chi connectivity index (χ1v) is 6.42. The molecule has 1 heterocycles. The number of carbonyl (C=O) groups excluding carboxylic acids is 2. The molecule has 19 heavy (non-hydrogen) atoms. The maximum atomic E-state index is 12.3. The van der Waals surface area contributed by atoms with Crippen LogP contribution in [0.1, 0.15) is 33.9 Å². The molecule has 0 spiro atoms. The van der Waals surface area contributed by atoms with Gasteiger partial charge in [0, 0.05) is 22.1 Å². The molecule has 2 amide bonds. The van der Waals surface area contributed by atoms with E-state index >= 15 is 0 Å². The van der Waals surface area contributed by atoms with Crippen molar-refractivity contribution in [3.8, 4) is 5.75 Å². The van der Waals surface area contributed by atoms with Crippen LogP contribution in [0, 0.1) is 0 Å². The van der Waals surface area contributed by atoms with Gasteiger partial charge in [-0.1, -0.05) is 12.1 Å². The molecule has 0 saturated carbocycles. The van der Waals surface area contributed by atoms with Gasteiger partial charge in [-0.05, 0) is 37.0 Å². The van der Waals surface area contributed by atoms with Crippen molar-refractivity contribution in [3.63, 3.8) is 0 Å². The van der Waals surface area contributed by atoms with Gasteiger partial charge in [-0.2, -0.15) is 0 Å². The second-order valence-corrected chi connectivity index (χ2v) is 4.51. The summed E-state index contributed by atoms with van der Waals surface area (Å²) in [7, 11) is 1.56. The van der Waals surface area contributed by atoms with Gasteiger partial charge in [-0.3, -0.25) is 14.5 Å². The summed E-state index contributed by atoms with van der Waals surface area (Å²) < 4.78 is 21.0. The lowest BCUT2D eigenvalue weighted by atomic mass is 10.1. The number of amides is 2. The molecule has 2 rings (SSSR count). The van der Waals surface area contributed by atoms with Crippen molar-refractivity contribution in [2.24, 2.45) is 0 Å². The van der Waals surface area contributed by atoms with Gasteiger partial charge < -0.3 is 4.74 Å². The SMILES string of the molecule is [2H]C([2H])(Cc1ccc(OC)cc1)C(=O)N1CCCCC1=O. The molecule has 0 atom stereocenters. The van der Waals surface area contributed by atoms with Gasteiger partial charge in [-0.15, -0.1) is 0 Å². The smallest absolute Gasteiger partial charge is 0.229 e. The van der Waals surface area contributed by atoms with Crippen LogP contribution in [0.25, 0.3) is 0 Å². The number of imide groups is 1. The predicted octanol–water partition coefficient (Wildman–Crippen LogP) is 2.17. The molecule has 0 aromatic heterocycles. The highest BCUT2D eigenvalue weighted by atomic mass is 16.5. The molecule has 1 aromatic rings. The van der Waals surface area contributed by atoms with E-state index in [9.17, 15) is 9.59 Å². The Morgan fingerprint density at radius 2 is 2.11 bits per heavy atom. The highest BCUT2D eigenvalue weighted by molar-refractivity contribution is 5.95. The molecule has 1 aliphatic rings. The van der Waals surface area contributed by atoms with Gasteiger partial charge in [0.15, 0.2) is 0 Å². The summed E-state index contributed by atoms with van der Waals surface area (Å²) in [6.45, 7) is 0.319. The molecular weight excluding hydrogens is 242 g/mol. The normalized spacial score (nSPS) is 17.7. The zero-order valence-electron chi connectivity index (χ0n) is 13.0. The fourth-order valence-electron chi connectivity index (χ4n) is 2.04. The summed E-state index contributed by atoms with van der Waals surface area (Å²) in [6.07, 6.45) is -0.300. The molecule has 1 aliphatic heterocycles. The van der Waals surface area contributed by atoms with Crippen molar-refractivity contribution in [2.45, 2.75) is 32.1 Å². The zero-order chi connectivity index (χ0) is 15.5. The summed E-state index contributed by atoms with van der Waals surface area (Å²) in [5, 5.41) is 0. The van der Waals surface area contributed by atoms with Crippen LogP contribution in [0.15, 0.2) is 24.3 Å². The van der Waals surface area contributed by atoms with Gasteiger partial charge in [0.2, 0.25) is 11.8 Å². The lowest BCUT2D eigenvalue weighted by Crippen LogP contribution is -2.40. The van der Waals surface area contributed by atoms with E-state index in [1.807, 2.05) is 0 Å². The summed E-state index contributed by atoms with van der Waals surface area (Å²) in [5.74, 6) is -0.329. The van der Waals surface area contributed by atoms with E-state index in [0.29, 0.717) is 24.3 Å². The first-order valence-electron chi connectivity index (χ1n) is 7.42. The van der Waals surface area contributed by atoms with E-state index in [4.69, 9.17) is 7.48 Å². The third-order valence-electron chi connectivity index (χ3n) is 3.17. The van der Waals surface area contributed by atoms with Crippen LogP contribution in [-0.2, 0) is 16.0 Å². The molecule has 4 nitrogen and oxygen atoms in total. The van der Waals surface area contributed by atoms with Crippen molar-refractivity contribution in [2.75, 3.05) is 13.7 Å². The lowest BCUT2D eigenvalue weighted by Gasteiger charge is -2.24. The fourth-order valence-corrected chi connectivity index (χ4v) is 2.04. The van der Waals surface area contributed by atoms with Crippen LogP contribution in [0.2, 0.25) is 0 Å². The van der Waals surface area contributed by atoms with Gasteiger partial charge >= 0.3 is 0 Å². The number of rotatable bonds is 4. The second kappa shape index (κ2) is 6.36. The minimum atomic E-state index is -2.08. The van der Waals surface area contributed by atoms with E-state index < -0.39 is 12.3 Å². The first kappa shape index (κ1) is 11.0. The third-order valence-corrected chi connectivity index (χ3v) is 3.17. The monoisotopic (exact) mass is 263 g/mol. The average Bonchev–Trinajstić information content (AvgIpc) is 2.47. The summed E-state index contributed by atoms with van der Waals surface area (Å²) >= 11 is 0. The van der Waals surface area contributed by atoms with Gasteiger partial charge in [0.1, 0.15) is 5.75 Å². The number of hydrogen-bond acceptors (Lipinski definition) is 3. The van der Waals surface area contributed by atoms with E-state index in [0.717, 1.165) is 17.7 Å². The molecule has 0 bridgehead atoms. The largest absolute Gasteiger partial charge is 0.497 e. The molecule has 0 unspecified atom stereocenters. The van der Waals surface area contributed by atoms with Crippen LogP contribution in [0.5, 0.6) is 5.75 Å². The van der Waals surface area contributed by atoms with Crippen molar-refractivity contribution in [1.82, 2.24) is 4.90 Å². The lowest BCUT2D eigenvalue weighted by molar-refractivity contribution is -0.146. The van der Waals surface area contributed by atoms with Crippen LogP contribution in [-0.4, -0.2) is 30.4 Å². The van der Waals surface area contributed by atoms with Gasteiger partial charge in [-0.25, -0.2) is 0 Å². The van der Waals surface area contributed by atoms with E-state index in [1.54, 1.807) is 31.4 Å². The van der Waals surface area contributed by atoms with Crippen molar-refractivity contribution < 1.29 is 17.1 Å². The number of likely N-dealkylation sites (tertiary alicyclic amines) is 1. The van der Waals surface area contributed by atoms with E-state index in [2.05, 4.69) is 0 Å². The highest BCUT2D eigenvalue weighted by Gasteiger charge is 2.23. The van der Waals surface area contributed by atoms with Gasteiger partial charge in [0.05, 0.1) is 7.11 Å². The van der Waals surface area contributed by atoms with Crippen LogP contribution in [0.4, 0.5) is 0 Å². The molecule has 4 heteroatoms. The zero-order valence-corrected chi connectivity index (χ0v) is 11.0.